The SMILES string of the molecule is C=C(C)C(N=C(N)Nc1cc(NC(=O)C=CC(=O)NCCN(C)C)ccc1OC)=Nc1ccccc1P(C)(C)=O. The smallest absolute Gasteiger partial charge is 0.248 e. The van der Waals surface area contributed by atoms with Gasteiger partial charge in [-0.2, -0.15) is 4.99 Å². The third-order valence-electron chi connectivity index (χ3n) is 5.27. The van der Waals surface area contributed by atoms with Crippen LogP contribution in [0.1, 0.15) is 6.92 Å². The minimum absolute atomic E-state index is 0.00789. The van der Waals surface area contributed by atoms with Crippen molar-refractivity contribution in [3.05, 3.63) is 66.8 Å². The van der Waals surface area contributed by atoms with Gasteiger partial charge in [-0.25, -0.2) is 4.99 Å². The zero-order valence-electron chi connectivity index (χ0n) is 23.8. The fourth-order valence-electron chi connectivity index (χ4n) is 3.30. The molecule has 40 heavy (non-hydrogen) atoms. The topological polar surface area (TPSA) is 151 Å². The number of likely N-dealkylation sites (N-methyl/N-ethyl adjacent to an activating group) is 1. The Bertz CT molecular complexity index is 1380. The van der Waals surface area contributed by atoms with Gasteiger partial charge in [0.25, 0.3) is 0 Å². The number of amidine groups is 1. The molecular weight excluding hydrogens is 529 g/mol. The summed E-state index contributed by atoms with van der Waals surface area (Å²) in [7, 11) is 2.71. The van der Waals surface area contributed by atoms with Crippen LogP contribution in [0.25, 0.3) is 0 Å². The van der Waals surface area contributed by atoms with Crippen molar-refractivity contribution >= 4 is 53.1 Å². The lowest BCUT2D eigenvalue weighted by Crippen LogP contribution is -2.30. The molecule has 2 aromatic carbocycles. The van der Waals surface area contributed by atoms with Crippen molar-refractivity contribution in [2.75, 3.05) is 58.3 Å². The zero-order valence-corrected chi connectivity index (χ0v) is 24.7. The fourth-order valence-corrected chi connectivity index (χ4v) is 4.43. The second-order valence-electron chi connectivity index (χ2n) is 9.51. The number of hydrogen-bond acceptors (Lipinski definition) is 6. The summed E-state index contributed by atoms with van der Waals surface area (Å²) in [6, 6.07) is 12.0. The molecule has 0 heterocycles. The van der Waals surface area contributed by atoms with E-state index in [0.29, 0.717) is 46.8 Å². The van der Waals surface area contributed by atoms with E-state index in [4.69, 9.17) is 10.5 Å². The molecule has 0 aliphatic heterocycles. The number of hydrogen-bond donors (Lipinski definition) is 4. The van der Waals surface area contributed by atoms with E-state index in [0.717, 1.165) is 6.08 Å². The van der Waals surface area contributed by atoms with Crippen LogP contribution in [0, 0.1) is 0 Å². The second-order valence-corrected chi connectivity index (χ2v) is 12.7. The molecule has 0 fully saturated rings. The summed E-state index contributed by atoms with van der Waals surface area (Å²) < 4.78 is 18.1. The predicted octanol–water partition coefficient (Wildman–Crippen LogP) is 3.15. The number of aliphatic imine (C=N–C) groups is 2. The van der Waals surface area contributed by atoms with Crippen LogP contribution in [-0.4, -0.2) is 76.1 Å². The number of nitrogens with two attached hydrogens (primary N) is 1. The van der Waals surface area contributed by atoms with Crippen LogP contribution in [0.5, 0.6) is 5.75 Å². The number of methoxy groups -OCH3 is 1. The Labute approximate surface area is 235 Å². The molecule has 2 amide bonds. The van der Waals surface area contributed by atoms with Crippen molar-refractivity contribution in [2.45, 2.75) is 6.92 Å². The number of benzene rings is 2. The second kappa shape index (κ2) is 14.8. The Kier molecular flexibility index (Phi) is 11.8. The number of nitrogens with zero attached hydrogens (tertiary/aromatic N) is 3. The molecule has 2 rings (SSSR count). The highest BCUT2D eigenvalue weighted by Crippen LogP contribution is 2.38. The molecule has 0 aromatic heterocycles. The molecule has 0 saturated heterocycles. The third-order valence-corrected chi connectivity index (χ3v) is 6.81. The molecule has 0 saturated carbocycles. The number of amides is 2. The summed E-state index contributed by atoms with van der Waals surface area (Å²) in [5.74, 6) is -0.157. The average molecular weight is 568 g/mol. The van der Waals surface area contributed by atoms with Crippen LogP contribution in [0.4, 0.5) is 17.1 Å². The molecule has 0 spiro atoms. The molecule has 2 aromatic rings. The first-order valence-electron chi connectivity index (χ1n) is 12.4. The minimum atomic E-state index is -2.59. The summed E-state index contributed by atoms with van der Waals surface area (Å²) in [5, 5.41) is 8.98. The quantitative estimate of drug-likeness (QED) is 0.141. The monoisotopic (exact) mass is 567 g/mol. The van der Waals surface area contributed by atoms with Gasteiger partial charge in [0.05, 0.1) is 18.5 Å². The van der Waals surface area contributed by atoms with E-state index in [2.05, 4.69) is 32.5 Å². The number of rotatable bonds is 11. The van der Waals surface area contributed by atoms with Crippen LogP contribution in [0.15, 0.2) is 76.8 Å². The van der Waals surface area contributed by atoms with E-state index in [1.807, 2.05) is 25.1 Å². The van der Waals surface area contributed by atoms with Crippen molar-refractivity contribution in [1.29, 1.82) is 0 Å². The van der Waals surface area contributed by atoms with Gasteiger partial charge in [-0.1, -0.05) is 18.7 Å². The molecule has 0 atom stereocenters. The van der Waals surface area contributed by atoms with Gasteiger partial charge in [0, 0.05) is 36.2 Å². The zero-order chi connectivity index (χ0) is 29.9. The van der Waals surface area contributed by atoms with Crippen LogP contribution in [0.2, 0.25) is 0 Å². The number of nitrogens with one attached hydrogen (secondary N) is 3. The highest BCUT2D eigenvalue weighted by Gasteiger charge is 2.16. The van der Waals surface area contributed by atoms with E-state index >= 15 is 0 Å². The molecule has 5 N–H and O–H groups in total. The molecule has 0 aliphatic rings. The van der Waals surface area contributed by atoms with Gasteiger partial charge in [0.15, 0.2) is 11.8 Å². The number of carbonyl (C=O) groups excluding carboxylic acids is 2. The van der Waals surface area contributed by atoms with Gasteiger partial charge in [0.2, 0.25) is 11.8 Å². The van der Waals surface area contributed by atoms with Crippen LogP contribution >= 0.6 is 7.14 Å². The molecule has 0 radical (unpaired) electrons. The summed E-state index contributed by atoms with van der Waals surface area (Å²) in [4.78, 5) is 35.1. The summed E-state index contributed by atoms with van der Waals surface area (Å²) in [6.45, 7) is 10.2. The first-order valence-corrected chi connectivity index (χ1v) is 15.0. The molecule has 12 heteroatoms. The van der Waals surface area contributed by atoms with Gasteiger partial charge in [-0.15, -0.1) is 0 Å². The van der Waals surface area contributed by atoms with Gasteiger partial charge in [0.1, 0.15) is 12.9 Å². The van der Waals surface area contributed by atoms with E-state index < -0.39 is 13.0 Å². The van der Waals surface area contributed by atoms with Gasteiger partial charge in [-0.3, -0.25) is 9.59 Å². The molecule has 214 valence electrons. The largest absolute Gasteiger partial charge is 0.495 e. The lowest BCUT2D eigenvalue weighted by molar-refractivity contribution is -0.117. The third kappa shape index (κ3) is 10.5. The first kappa shape index (κ1) is 32.0. The Morgan fingerprint density at radius 3 is 2.40 bits per heavy atom. The Hall–Kier alpha value is -4.21. The van der Waals surface area contributed by atoms with Crippen molar-refractivity contribution in [3.8, 4) is 5.75 Å². The number of anilines is 2. The van der Waals surface area contributed by atoms with Crippen molar-refractivity contribution in [3.63, 3.8) is 0 Å². The van der Waals surface area contributed by atoms with Gasteiger partial charge in [-0.05, 0) is 70.3 Å². The molecule has 0 bridgehead atoms. The highest BCUT2D eigenvalue weighted by atomic mass is 31.2. The van der Waals surface area contributed by atoms with E-state index in [9.17, 15) is 14.2 Å². The Balaban J connectivity index is 2.23. The number of ether oxygens (including phenoxy) is 1. The minimum Gasteiger partial charge on any atom is -0.495 e. The van der Waals surface area contributed by atoms with E-state index in [-0.39, 0.29) is 17.7 Å². The van der Waals surface area contributed by atoms with Crippen LogP contribution in [0.3, 0.4) is 0 Å². The lowest BCUT2D eigenvalue weighted by Gasteiger charge is -2.14. The van der Waals surface area contributed by atoms with Crippen molar-refractivity contribution in [2.24, 2.45) is 15.7 Å². The highest BCUT2D eigenvalue weighted by molar-refractivity contribution is 7.70. The maximum Gasteiger partial charge on any atom is 0.248 e. The standard InChI is InChI=1S/C28H38N7O4P/c1-19(2)27(32-21-10-8-9-11-24(21)40(6,7)38)34-28(29)33-22-18-20(12-13-23(22)39-5)31-26(37)15-14-25(36)30-16-17-35(3)4/h8-15,18H,1,16-17H2,2-7H3,(H,30,36)(H,31,37)(H3,29,32,33,34). The van der Waals surface area contributed by atoms with Crippen molar-refractivity contribution < 1.29 is 18.9 Å². The molecule has 0 unspecified atom stereocenters. The number of carbonyl (C=O) groups is 2. The summed E-state index contributed by atoms with van der Waals surface area (Å²) >= 11 is 0. The normalized spacial score (nSPS) is 12.4. The van der Waals surface area contributed by atoms with Gasteiger partial charge < -0.3 is 35.9 Å². The average Bonchev–Trinajstić information content (AvgIpc) is 2.86. The van der Waals surface area contributed by atoms with Crippen LogP contribution in [-0.2, 0) is 14.2 Å². The van der Waals surface area contributed by atoms with Gasteiger partial charge >= 0.3 is 0 Å². The molecule has 11 nitrogen and oxygen atoms in total. The summed E-state index contributed by atoms with van der Waals surface area (Å²) in [6.07, 6.45) is 2.32. The fraction of sp³-hybridized carbons (Fsp3) is 0.286. The molecule has 0 aliphatic carbocycles. The van der Waals surface area contributed by atoms with Crippen LogP contribution < -0.4 is 31.7 Å². The first-order chi connectivity index (χ1) is 18.8. The number of para-hydroxylation sites is 1. The maximum atomic E-state index is 12.7. The predicted molar refractivity (Wildman–Crippen MR) is 165 cm³/mol. The Morgan fingerprint density at radius 1 is 1.10 bits per heavy atom. The Morgan fingerprint density at radius 2 is 1.77 bits per heavy atom. The van der Waals surface area contributed by atoms with Crippen molar-refractivity contribution in [1.82, 2.24) is 10.2 Å². The maximum absolute atomic E-state index is 12.7. The van der Waals surface area contributed by atoms with E-state index in [1.165, 1.54) is 13.2 Å². The van der Waals surface area contributed by atoms with E-state index in [1.54, 1.807) is 56.7 Å². The molecular formula is C28H38N7O4P. The lowest BCUT2D eigenvalue weighted by atomic mass is 10.2. The number of guanidine groups is 1. The summed E-state index contributed by atoms with van der Waals surface area (Å²) in [5.41, 5.74) is 8.13.